The Bertz CT molecular complexity index is 1400. The van der Waals surface area contributed by atoms with Gasteiger partial charge in [0, 0.05) is 18.6 Å². The molecule has 0 N–H and O–H groups in total. The number of hydrogen-bond donors (Lipinski definition) is 0. The molecule has 0 saturated carbocycles. The van der Waals surface area contributed by atoms with Crippen molar-refractivity contribution in [2.75, 3.05) is 0 Å². The molecule has 4 rings (SSSR count). The number of imidazole rings is 1. The molecule has 140 valence electrons. The number of fused-ring (bicyclic) bond motifs is 2. The maximum absolute atomic E-state index is 13.2. The number of aryl methyl sites for hydroxylation is 1. The summed E-state index contributed by atoms with van der Waals surface area (Å²) in [6.07, 6.45) is 1.68. The zero-order valence-electron chi connectivity index (χ0n) is 15.3. The van der Waals surface area contributed by atoms with E-state index in [2.05, 4.69) is 37.7 Å². The molecular formula is C20H16BrN5O2. The normalized spacial score (nSPS) is 11.0. The molecule has 0 fully saturated rings. The van der Waals surface area contributed by atoms with Crippen LogP contribution in [-0.2, 0) is 20.1 Å². The van der Waals surface area contributed by atoms with Gasteiger partial charge in [0.15, 0.2) is 15.9 Å². The molecule has 0 aliphatic carbocycles. The van der Waals surface area contributed by atoms with Gasteiger partial charge in [0.05, 0.1) is 18.6 Å². The summed E-state index contributed by atoms with van der Waals surface area (Å²) >= 11 is 3.37. The van der Waals surface area contributed by atoms with E-state index in [0.717, 1.165) is 16.5 Å². The molecule has 0 aliphatic heterocycles. The number of pyridine rings is 1. The van der Waals surface area contributed by atoms with E-state index in [1.54, 1.807) is 24.7 Å². The van der Waals surface area contributed by atoms with E-state index in [1.807, 2.05) is 30.3 Å². The molecule has 0 aliphatic rings. The molecule has 4 aromatic rings. The highest BCUT2D eigenvalue weighted by molar-refractivity contribution is 9.10. The van der Waals surface area contributed by atoms with Crippen LogP contribution in [-0.4, -0.2) is 23.7 Å². The molecule has 0 amide bonds. The van der Waals surface area contributed by atoms with Crippen LogP contribution in [0.3, 0.4) is 0 Å². The maximum atomic E-state index is 13.2. The smallest absolute Gasteiger partial charge is 0.301 e. The van der Waals surface area contributed by atoms with Gasteiger partial charge < -0.3 is 4.57 Å². The Morgan fingerprint density at radius 2 is 1.93 bits per heavy atom. The summed E-state index contributed by atoms with van der Waals surface area (Å²) < 4.78 is 4.76. The van der Waals surface area contributed by atoms with Crippen LogP contribution in [0.15, 0.2) is 50.9 Å². The second-order valence-corrected chi connectivity index (χ2v) is 7.00. The lowest BCUT2D eigenvalue weighted by Gasteiger charge is -2.11. The second kappa shape index (κ2) is 7.09. The van der Waals surface area contributed by atoms with Crippen LogP contribution >= 0.6 is 15.9 Å². The summed E-state index contributed by atoms with van der Waals surface area (Å²) in [4.78, 5) is 34.8. The van der Waals surface area contributed by atoms with Crippen LogP contribution in [0.5, 0.6) is 0 Å². The summed E-state index contributed by atoms with van der Waals surface area (Å²) in [5.74, 6) is 5.75. The van der Waals surface area contributed by atoms with Gasteiger partial charge in [-0.1, -0.05) is 24.1 Å². The molecule has 0 unspecified atom stereocenters. The van der Waals surface area contributed by atoms with Gasteiger partial charge in [-0.3, -0.25) is 18.9 Å². The summed E-state index contributed by atoms with van der Waals surface area (Å²) in [5, 5.41) is 0.908. The van der Waals surface area contributed by atoms with Crippen molar-refractivity contribution in [1.82, 2.24) is 23.7 Å². The largest absolute Gasteiger partial charge is 0.332 e. The highest BCUT2D eigenvalue weighted by Gasteiger charge is 2.19. The number of rotatable bonds is 3. The first kappa shape index (κ1) is 18.2. The average molecular weight is 438 g/mol. The van der Waals surface area contributed by atoms with E-state index in [4.69, 9.17) is 0 Å². The number of hydrogen-bond acceptors (Lipinski definition) is 4. The van der Waals surface area contributed by atoms with Gasteiger partial charge in [0.25, 0.3) is 5.56 Å². The van der Waals surface area contributed by atoms with Crippen molar-refractivity contribution in [2.45, 2.75) is 20.0 Å². The number of aromatic nitrogens is 5. The standard InChI is InChI=1S/C20H16BrN5O2/c1-3-4-11-25-16-17(23-19(25)21)24(2)20(28)26(18(16)27)12-13-9-10-22-15-8-6-5-7-14(13)15/h5-10H,11-12H2,1-2H3. The van der Waals surface area contributed by atoms with E-state index < -0.39 is 11.2 Å². The van der Waals surface area contributed by atoms with Crippen molar-refractivity contribution in [3.05, 3.63) is 67.7 Å². The molecule has 8 heteroatoms. The second-order valence-electron chi connectivity index (χ2n) is 6.29. The summed E-state index contributed by atoms with van der Waals surface area (Å²) in [6, 6.07) is 9.48. The van der Waals surface area contributed by atoms with Crippen molar-refractivity contribution < 1.29 is 0 Å². The molecule has 0 atom stereocenters. The van der Waals surface area contributed by atoms with Gasteiger partial charge in [-0.05, 0) is 40.5 Å². The zero-order chi connectivity index (χ0) is 19.8. The lowest BCUT2D eigenvalue weighted by molar-refractivity contribution is 0.656. The van der Waals surface area contributed by atoms with E-state index in [9.17, 15) is 9.59 Å². The molecule has 7 nitrogen and oxygen atoms in total. The first-order valence-corrected chi connectivity index (χ1v) is 9.40. The van der Waals surface area contributed by atoms with Crippen molar-refractivity contribution in [3.8, 4) is 11.8 Å². The van der Waals surface area contributed by atoms with Crippen molar-refractivity contribution >= 4 is 38.0 Å². The first-order valence-electron chi connectivity index (χ1n) is 8.60. The Hall–Kier alpha value is -3.18. The minimum atomic E-state index is -0.419. The fraction of sp³-hybridized carbons (Fsp3) is 0.200. The maximum Gasteiger partial charge on any atom is 0.332 e. The zero-order valence-corrected chi connectivity index (χ0v) is 16.9. The molecule has 0 radical (unpaired) electrons. The summed E-state index contributed by atoms with van der Waals surface area (Å²) in [7, 11) is 1.61. The Balaban J connectivity index is 1.98. The third-order valence-electron chi connectivity index (χ3n) is 4.67. The number of benzene rings is 1. The molecule has 3 heterocycles. The van der Waals surface area contributed by atoms with Crippen LogP contribution in [0, 0.1) is 11.8 Å². The Labute approximate surface area is 168 Å². The SMILES string of the molecule is CC#CCn1c(Br)nc2c1c(=O)n(Cc1ccnc3ccccc13)c(=O)n2C. The van der Waals surface area contributed by atoms with E-state index >= 15 is 0 Å². The average Bonchev–Trinajstić information content (AvgIpc) is 3.04. The van der Waals surface area contributed by atoms with Crippen LogP contribution in [0.4, 0.5) is 0 Å². The van der Waals surface area contributed by atoms with Gasteiger partial charge >= 0.3 is 5.69 Å². The molecule has 28 heavy (non-hydrogen) atoms. The molecule has 3 aromatic heterocycles. The lowest BCUT2D eigenvalue weighted by Crippen LogP contribution is -2.40. The van der Waals surface area contributed by atoms with Crippen LogP contribution < -0.4 is 11.2 Å². The number of nitrogens with zero attached hydrogens (tertiary/aromatic N) is 5. The lowest BCUT2D eigenvalue weighted by atomic mass is 10.1. The summed E-state index contributed by atoms with van der Waals surface area (Å²) in [6.45, 7) is 2.18. The van der Waals surface area contributed by atoms with Gasteiger partial charge in [-0.2, -0.15) is 0 Å². The van der Waals surface area contributed by atoms with E-state index in [-0.39, 0.29) is 6.54 Å². The Kier molecular flexibility index (Phi) is 4.61. The first-order chi connectivity index (χ1) is 13.5. The highest BCUT2D eigenvalue weighted by atomic mass is 79.9. The van der Waals surface area contributed by atoms with Gasteiger partial charge in [-0.15, -0.1) is 5.92 Å². The molecule has 0 bridgehead atoms. The monoisotopic (exact) mass is 437 g/mol. The number of halogens is 1. The van der Waals surface area contributed by atoms with Crippen molar-refractivity contribution in [1.29, 1.82) is 0 Å². The third-order valence-corrected chi connectivity index (χ3v) is 5.27. The third kappa shape index (κ3) is 2.84. The molecular weight excluding hydrogens is 422 g/mol. The Morgan fingerprint density at radius 1 is 1.14 bits per heavy atom. The van der Waals surface area contributed by atoms with Gasteiger partial charge in [0.2, 0.25) is 0 Å². The molecule has 0 spiro atoms. The Morgan fingerprint density at radius 3 is 2.71 bits per heavy atom. The highest BCUT2D eigenvalue weighted by Crippen LogP contribution is 2.18. The van der Waals surface area contributed by atoms with Gasteiger partial charge in [-0.25, -0.2) is 9.78 Å². The number of para-hydroxylation sites is 1. The molecule has 1 aromatic carbocycles. The minimum Gasteiger partial charge on any atom is -0.301 e. The minimum absolute atomic E-state index is 0.146. The molecule has 0 saturated heterocycles. The van der Waals surface area contributed by atoms with Crippen molar-refractivity contribution in [3.63, 3.8) is 0 Å². The predicted octanol–water partition coefficient (Wildman–Crippen LogP) is 2.28. The summed E-state index contributed by atoms with van der Waals surface area (Å²) in [5.41, 5.74) is 1.53. The topological polar surface area (TPSA) is 74.7 Å². The van der Waals surface area contributed by atoms with Crippen molar-refractivity contribution in [2.24, 2.45) is 7.05 Å². The van der Waals surface area contributed by atoms with Crippen LogP contribution in [0.2, 0.25) is 0 Å². The van der Waals surface area contributed by atoms with Crippen LogP contribution in [0.1, 0.15) is 12.5 Å². The quantitative estimate of drug-likeness (QED) is 0.364. The fourth-order valence-electron chi connectivity index (χ4n) is 3.25. The fourth-order valence-corrected chi connectivity index (χ4v) is 3.72. The van der Waals surface area contributed by atoms with Gasteiger partial charge in [0.1, 0.15) is 0 Å². The van der Waals surface area contributed by atoms with E-state index in [0.29, 0.717) is 22.4 Å². The van der Waals surface area contributed by atoms with E-state index in [1.165, 1.54) is 9.13 Å². The predicted molar refractivity (Wildman–Crippen MR) is 111 cm³/mol. The van der Waals surface area contributed by atoms with Crippen LogP contribution in [0.25, 0.3) is 22.1 Å².